The topological polar surface area (TPSA) is 66.4 Å². The number of hydrogen-bond donors (Lipinski definition) is 2. The second-order valence-electron chi connectivity index (χ2n) is 4.89. The average molecular weight is 307 g/mol. The van der Waals surface area contributed by atoms with E-state index in [1.54, 1.807) is 18.2 Å². The van der Waals surface area contributed by atoms with E-state index in [1.807, 2.05) is 19.2 Å². The molecule has 0 atom stereocenters. The minimum Gasteiger partial charge on any atom is -0.318 e. The molecule has 0 unspecified atom stereocenters. The maximum absolute atomic E-state index is 10.9. The van der Waals surface area contributed by atoms with Crippen LogP contribution in [0.3, 0.4) is 0 Å². The molecule has 0 bridgehead atoms. The van der Waals surface area contributed by atoms with Crippen LogP contribution >= 0.6 is 0 Å². The molecule has 0 spiro atoms. The molecule has 0 saturated heterocycles. The summed E-state index contributed by atoms with van der Waals surface area (Å²) in [6.45, 7) is 7.88. The van der Waals surface area contributed by atoms with Gasteiger partial charge in [0, 0.05) is 6.04 Å². The molecule has 0 aromatic heterocycles. The summed E-state index contributed by atoms with van der Waals surface area (Å²) >= 11 is 0. The molecule has 2 aromatic carbocycles. The highest BCUT2D eigenvalue weighted by Crippen LogP contribution is 2.20. The molecule has 2 aromatic rings. The van der Waals surface area contributed by atoms with Gasteiger partial charge in [-0.05, 0) is 41.6 Å². The van der Waals surface area contributed by atoms with E-state index in [-0.39, 0.29) is 4.90 Å². The predicted molar refractivity (Wildman–Crippen MR) is 88.0 cm³/mol. The fourth-order valence-electron chi connectivity index (χ4n) is 1.53. The zero-order valence-electron chi connectivity index (χ0n) is 12.5. The Morgan fingerprint density at radius 2 is 1.67 bits per heavy atom. The summed E-state index contributed by atoms with van der Waals surface area (Å²) in [5, 5.41) is 4.70. The molecular formula is C16H21NO3S. The Hall–Kier alpha value is -1.69. The van der Waals surface area contributed by atoms with Gasteiger partial charge in [-0.2, -0.15) is 8.42 Å². The van der Waals surface area contributed by atoms with Crippen molar-refractivity contribution in [3.05, 3.63) is 48.5 Å². The van der Waals surface area contributed by atoms with E-state index >= 15 is 0 Å². The highest BCUT2D eigenvalue weighted by molar-refractivity contribution is 7.85. The smallest absolute Gasteiger partial charge is 0.294 e. The maximum Gasteiger partial charge on any atom is 0.294 e. The Kier molecular flexibility index (Phi) is 6.08. The molecule has 0 fully saturated rings. The third-order valence-corrected chi connectivity index (χ3v) is 3.80. The first-order chi connectivity index (χ1) is 9.77. The van der Waals surface area contributed by atoms with Gasteiger partial charge in [-0.1, -0.05) is 44.7 Å². The van der Waals surface area contributed by atoms with Gasteiger partial charge < -0.3 is 5.32 Å². The summed E-state index contributed by atoms with van der Waals surface area (Å²) in [6.07, 6.45) is 1.72. The molecule has 0 aliphatic rings. The van der Waals surface area contributed by atoms with Gasteiger partial charge in [-0.15, -0.1) is 0 Å². The molecule has 0 saturated carbocycles. The lowest BCUT2D eigenvalue weighted by atomic mass is 10.1. The first kappa shape index (κ1) is 17.4. The zero-order chi connectivity index (χ0) is 16.0. The van der Waals surface area contributed by atoms with Crippen molar-refractivity contribution in [2.45, 2.75) is 24.8 Å². The van der Waals surface area contributed by atoms with Crippen molar-refractivity contribution in [2.24, 2.45) is 0 Å². The van der Waals surface area contributed by atoms with Crippen LogP contribution < -0.4 is 5.32 Å². The molecule has 114 valence electrons. The number of rotatable bonds is 3. The van der Waals surface area contributed by atoms with Gasteiger partial charge in [0.25, 0.3) is 10.1 Å². The van der Waals surface area contributed by atoms with Crippen molar-refractivity contribution in [1.29, 1.82) is 0 Å². The van der Waals surface area contributed by atoms with Crippen LogP contribution in [0.4, 0.5) is 0 Å². The number of nitrogens with one attached hydrogen (secondary N) is 1. The van der Waals surface area contributed by atoms with Crippen LogP contribution in [0.15, 0.2) is 47.9 Å². The third-order valence-electron chi connectivity index (χ3n) is 2.95. The van der Waals surface area contributed by atoms with E-state index in [0.717, 1.165) is 16.3 Å². The van der Waals surface area contributed by atoms with Gasteiger partial charge in [-0.25, -0.2) is 0 Å². The van der Waals surface area contributed by atoms with Crippen LogP contribution in [-0.4, -0.2) is 26.1 Å². The summed E-state index contributed by atoms with van der Waals surface area (Å²) in [6, 6.07) is 10.6. The fourth-order valence-corrected chi connectivity index (χ4v) is 2.05. The van der Waals surface area contributed by atoms with E-state index in [1.165, 1.54) is 12.1 Å². The second-order valence-corrected chi connectivity index (χ2v) is 6.31. The molecule has 21 heavy (non-hydrogen) atoms. The summed E-state index contributed by atoms with van der Waals surface area (Å²) in [5.74, 6) is 0. The van der Waals surface area contributed by atoms with Gasteiger partial charge in [0.15, 0.2) is 0 Å². The first-order valence-corrected chi connectivity index (χ1v) is 8.03. The molecule has 2 N–H and O–H groups in total. The van der Waals surface area contributed by atoms with Gasteiger partial charge >= 0.3 is 0 Å². The highest BCUT2D eigenvalue weighted by Gasteiger charge is 2.09. The lowest BCUT2D eigenvalue weighted by molar-refractivity contribution is 0.483. The van der Waals surface area contributed by atoms with Crippen molar-refractivity contribution in [1.82, 2.24) is 5.32 Å². The molecule has 0 aliphatic heterocycles. The van der Waals surface area contributed by atoms with Crippen molar-refractivity contribution in [3.8, 4) is 0 Å². The standard InChI is InChI=1S/C12H10O3S.C4H11N/c1-2-9-3-4-11-8-12(16(13,14)15)6-5-10(11)7-9;1-4(2)5-3/h2-8H,1H2,(H,13,14,15);4-5H,1-3H3. The van der Waals surface area contributed by atoms with Crippen LogP contribution in [-0.2, 0) is 10.1 Å². The minimum absolute atomic E-state index is 0.0913. The van der Waals surface area contributed by atoms with Crippen LogP contribution in [0.2, 0.25) is 0 Å². The molecule has 0 heterocycles. The Labute approximate surface area is 126 Å². The van der Waals surface area contributed by atoms with Gasteiger partial charge in [0.05, 0.1) is 4.90 Å². The van der Waals surface area contributed by atoms with Gasteiger partial charge in [-0.3, -0.25) is 4.55 Å². The fraction of sp³-hybridized carbons (Fsp3) is 0.250. The SMILES string of the molecule is C=Cc1ccc2cc(S(=O)(=O)O)ccc2c1.CNC(C)C. The largest absolute Gasteiger partial charge is 0.318 e. The average Bonchev–Trinajstić information content (AvgIpc) is 2.45. The van der Waals surface area contributed by atoms with Gasteiger partial charge in [0.1, 0.15) is 0 Å². The van der Waals surface area contributed by atoms with Crippen molar-refractivity contribution in [3.63, 3.8) is 0 Å². The number of benzene rings is 2. The third kappa shape index (κ3) is 5.30. The molecule has 2 rings (SSSR count). The molecular weight excluding hydrogens is 286 g/mol. The normalized spacial score (nSPS) is 11.1. The number of fused-ring (bicyclic) bond motifs is 1. The molecule has 5 heteroatoms. The molecule has 0 radical (unpaired) electrons. The Bertz CT molecular complexity index is 721. The maximum atomic E-state index is 10.9. The second kappa shape index (κ2) is 7.36. The van der Waals surface area contributed by atoms with Crippen molar-refractivity contribution >= 4 is 27.0 Å². The summed E-state index contributed by atoms with van der Waals surface area (Å²) < 4.78 is 30.8. The van der Waals surface area contributed by atoms with E-state index in [0.29, 0.717) is 6.04 Å². The molecule has 0 amide bonds. The number of hydrogen-bond acceptors (Lipinski definition) is 3. The summed E-state index contributed by atoms with van der Waals surface area (Å²) in [7, 11) is -2.18. The van der Waals surface area contributed by atoms with E-state index in [2.05, 4.69) is 25.7 Å². The zero-order valence-corrected chi connectivity index (χ0v) is 13.3. The Balaban J connectivity index is 0.000000383. The van der Waals surface area contributed by atoms with Gasteiger partial charge in [0.2, 0.25) is 0 Å². The Morgan fingerprint density at radius 3 is 2.14 bits per heavy atom. The van der Waals surface area contributed by atoms with Crippen LogP contribution in [0.25, 0.3) is 16.8 Å². The summed E-state index contributed by atoms with van der Waals surface area (Å²) in [4.78, 5) is -0.0913. The van der Waals surface area contributed by atoms with Crippen LogP contribution in [0.5, 0.6) is 0 Å². The lowest BCUT2D eigenvalue weighted by Crippen LogP contribution is -2.15. The molecule has 0 aliphatic carbocycles. The first-order valence-electron chi connectivity index (χ1n) is 6.59. The highest BCUT2D eigenvalue weighted by atomic mass is 32.2. The minimum atomic E-state index is -4.13. The van der Waals surface area contributed by atoms with Crippen molar-refractivity contribution < 1.29 is 13.0 Å². The monoisotopic (exact) mass is 307 g/mol. The van der Waals surface area contributed by atoms with Crippen LogP contribution in [0, 0.1) is 0 Å². The quantitative estimate of drug-likeness (QED) is 0.854. The lowest BCUT2D eigenvalue weighted by Gasteiger charge is -2.02. The van der Waals surface area contributed by atoms with E-state index in [4.69, 9.17) is 4.55 Å². The summed E-state index contributed by atoms with van der Waals surface area (Å²) in [5.41, 5.74) is 0.965. The van der Waals surface area contributed by atoms with E-state index < -0.39 is 10.1 Å². The van der Waals surface area contributed by atoms with Crippen molar-refractivity contribution in [2.75, 3.05) is 7.05 Å². The van der Waals surface area contributed by atoms with E-state index in [9.17, 15) is 8.42 Å². The Morgan fingerprint density at radius 1 is 1.14 bits per heavy atom. The predicted octanol–water partition coefficient (Wildman–Crippen LogP) is 3.34. The molecule has 4 nitrogen and oxygen atoms in total. The van der Waals surface area contributed by atoms with Crippen LogP contribution in [0.1, 0.15) is 19.4 Å².